The number of fused-ring (bicyclic) bond motifs is 1. The lowest BCUT2D eigenvalue weighted by atomic mass is 10.1. The van der Waals surface area contributed by atoms with E-state index in [1.165, 1.54) is 7.11 Å². The standard InChI is InChI=1S/C12H14N2O2.ClH/c1-16-12(15)10(13)6-8-7-14-11-5-3-2-4-9(8)11;/h2-5,7,10,14H,6,13H2,1H3;1H/t10-;/m0./s1. The number of rotatable bonds is 3. The highest BCUT2D eigenvalue weighted by atomic mass is 35.5. The summed E-state index contributed by atoms with van der Waals surface area (Å²) in [7, 11) is 1.34. The summed E-state index contributed by atoms with van der Waals surface area (Å²) in [6, 6.07) is 7.31. The van der Waals surface area contributed by atoms with Crippen LogP contribution in [0.3, 0.4) is 0 Å². The highest BCUT2D eigenvalue weighted by molar-refractivity contribution is 5.85. The van der Waals surface area contributed by atoms with E-state index in [1.54, 1.807) is 0 Å². The fourth-order valence-electron chi connectivity index (χ4n) is 1.77. The molecule has 5 heteroatoms. The lowest BCUT2D eigenvalue weighted by molar-refractivity contribution is -0.142. The largest absolute Gasteiger partial charge is 0.468 e. The summed E-state index contributed by atoms with van der Waals surface area (Å²) < 4.78 is 4.60. The zero-order valence-electron chi connectivity index (χ0n) is 9.47. The number of para-hydroxylation sites is 1. The second-order valence-electron chi connectivity index (χ2n) is 3.69. The number of nitrogens with two attached hydrogens (primary N) is 1. The number of methoxy groups -OCH3 is 1. The average Bonchev–Trinajstić information content (AvgIpc) is 2.72. The molecule has 0 bridgehead atoms. The number of halogens is 1. The molecule has 17 heavy (non-hydrogen) atoms. The molecule has 92 valence electrons. The molecule has 0 aliphatic carbocycles. The van der Waals surface area contributed by atoms with Crippen molar-refractivity contribution in [1.29, 1.82) is 0 Å². The molecule has 0 radical (unpaired) electrons. The Hall–Kier alpha value is -1.52. The third-order valence-corrected chi connectivity index (χ3v) is 2.62. The third-order valence-electron chi connectivity index (χ3n) is 2.62. The van der Waals surface area contributed by atoms with Crippen LogP contribution in [-0.4, -0.2) is 24.1 Å². The fourth-order valence-corrected chi connectivity index (χ4v) is 1.77. The third kappa shape index (κ3) is 2.78. The normalized spacial score (nSPS) is 11.9. The molecule has 0 aliphatic heterocycles. The molecule has 0 amide bonds. The Kier molecular flexibility index (Phi) is 4.54. The number of H-pyrrole nitrogens is 1. The number of carbonyl (C=O) groups is 1. The molecule has 0 saturated carbocycles. The average molecular weight is 255 g/mol. The summed E-state index contributed by atoms with van der Waals surface area (Å²) in [6.45, 7) is 0. The summed E-state index contributed by atoms with van der Waals surface area (Å²) in [5.41, 5.74) is 7.81. The Labute approximate surface area is 106 Å². The minimum absolute atomic E-state index is 0. The van der Waals surface area contributed by atoms with Crippen molar-refractivity contribution in [2.75, 3.05) is 7.11 Å². The highest BCUT2D eigenvalue weighted by Gasteiger charge is 2.16. The fraction of sp³-hybridized carbons (Fsp3) is 0.250. The van der Waals surface area contributed by atoms with Gasteiger partial charge in [0.05, 0.1) is 7.11 Å². The first-order chi connectivity index (χ1) is 7.72. The van der Waals surface area contributed by atoms with Crippen LogP contribution < -0.4 is 5.73 Å². The van der Waals surface area contributed by atoms with Gasteiger partial charge in [-0.1, -0.05) is 18.2 Å². The molecule has 1 aromatic carbocycles. The van der Waals surface area contributed by atoms with E-state index in [0.717, 1.165) is 16.5 Å². The number of hydrogen-bond acceptors (Lipinski definition) is 3. The first-order valence-corrected chi connectivity index (χ1v) is 5.11. The van der Waals surface area contributed by atoms with Gasteiger partial charge in [-0.15, -0.1) is 12.4 Å². The van der Waals surface area contributed by atoms with Crippen molar-refractivity contribution in [2.24, 2.45) is 5.73 Å². The van der Waals surface area contributed by atoms with E-state index in [0.29, 0.717) is 6.42 Å². The number of aromatic amines is 1. The first kappa shape index (κ1) is 13.5. The quantitative estimate of drug-likeness (QED) is 0.818. The lowest BCUT2D eigenvalue weighted by Crippen LogP contribution is -2.33. The van der Waals surface area contributed by atoms with Crippen molar-refractivity contribution in [2.45, 2.75) is 12.5 Å². The van der Waals surface area contributed by atoms with Gasteiger partial charge in [-0.05, 0) is 11.6 Å². The Morgan fingerprint density at radius 2 is 2.18 bits per heavy atom. The predicted molar refractivity (Wildman–Crippen MR) is 69.2 cm³/mol. The minimum atomic E-state index is -0.607. The van der Waals surface area contributed by atoms with E-state index < -0.39 is 6.04 Å². The predicted octanol–water partition coefficient (Wildman–Crippen LogP) is 1.63. The molecule has 1 heterocycles. The second-order valence-corrected chi connectivity index (χ2v) is 3.69. The second kappa shape index (κ2) is 5.70. The zero-order chi connectivity index (χ0) is 11.5. The van der Waals surface area contributed by atoms with Gasteiger partial charge in [0, 0.05) is 23.5 Å². The van der Waals surface area contributed by atoms with E-state index in [2.05, 4.69) is 9.72 Å². The number of hydrogen-bond donors (Lipinski definition) is 2. The first-order valence-electron chi connectivity index (χ1n) is 5.11. The number of esters is 1. The molecule has 2 aromatic rings. The molecule has 0 fully saturated rings. The van der Waals surface area contributed by atoms with Crippen LogP contribution in [0.2, 0.25) is 0 Å². The monoisotopic (exact) mass is 254 g/mol. The van der Waals surface area contributed by atoms with Crippen LogP contribution in [0.25, 0.3) is 10.9 Å². The summed E-state index contributed by atoms with van der Waals surface area (Å²) in [5, 5.41) is 1.10. The van der Waals surface area contributed by atoms with Gasteiger partial charge in [-0.2, -0.15) is 0 Å². The van der Waals surface area contributed by atoms with Crippen LogP contribution >= 0.6 is 12.4 Å². The summed E-state index contributed by atoms with van der Waals surface area (Å²) in [4.78, 5) is 14.4. The molecule has 4 nitrogen and oxygen atoms in total. The van der Waals surface area contributed by atoms with E-state index in [-0.39, 0.29) is 18.4 Å². The van der Waals surface area contributed by atoms with Crippen molar-refractivity contribution in [3.63, 3.8) is 0 Å². The van der Waals surface area contributed by atoms with Gasteiger partial charge >= 0.3 is 5.97 Å². The van der Waals surface area contributed by atoms with Crippen molar-refractivity contribution < 1.29 is 9.53 Å². The maximum atomic E-state index is 11.2. The van der Waals surface area contributed by atoms with E-state index >= 15 is 0 Å². The van der Waals surface area contributed by atoms with E-state index in [9.17, 15) is 4.79 Å². The summed E-state index contributed by atoms with van der Waals surface area (Å²) >= 11 is 0. The molecular weight excluding hydrogens is 240 g/mol. The number of nitrogens with one attached hydrogen (secondary N) is 1. The zero-order valence-corrected chi connectivity index (χ0v) is 10.3. The summed E-state index contributed by atoms with van der Waals surface area (Å²) in [5.74, 6) is -0.384. The number of aromatic nitrogens is 1. The minimum Gasteiger partial charge on any atom is -0.468 e. The van der Waals surface area contributed by atoms with E-state index in [4.69, 9.17) is 5.73 Å². The maximum absolute atomic E-state index is 11.2. The molecule has 0 saturated heterocycles. The Balaban J connectivity index is 0.00000144. The maximum Gasteiger partial charge on any atom is 0.322 e. The molecule has 1 atom stereocenters. The van der Waals surface area contributed by atoms with Gasteiger partial charge in [0.1, 0.15) is 6.04 Å². The van der Waals surface area contributed by atoms with Crippen LogP contribution in [0.5, 0.6) is 0 Å². The van der Waals surface area contributed by atoms with E-state index in [1.807, 2.05) is 30.5 Å². The van der Waals surface area contributed by atoms with Crippen LogP contribution in [0.1, 0.15) is 5.56 Å². The van der Waals surface area contributed by atoms with Crippen molar-refractivity contribution in [1.82, 2.24) is 4.98 Å². The van der Waals surface area contributed by atoms with Crippen molar-refractivity contribution in [3.05, 3.63) is 36.0 Å². The summed E-state index contributed by atoms with van der Waals surface area (Å²) in [6.07, 6.45) is 2.37. The van der Waals surface area contributed by atoms with Crippen LogP contribution in [0, 0.1) is 0 Å². The van der Waals surface area contributed by atoms with Gasteiger partial charge in [0.2, 0.25) is 0 Å². The lowest BCUT2D eigenvalue weighted by Gasteiger charge is -2.07. The number of ether oxygens (including phenoxy) is 1. The van der Waals surface area contributed by atoms with Gasteiger partial charge < -0.3 is 15.5 Å². The number of carbonyl (C=O) groups excluding carboxylic acids is 1. The van der Waals surface area contributed by atoms with Crippen molar-refractivity contribution in [3.8, 4) is 0 Å². The van der Waals surface area contributed by atoms with Crippen LogP contribution in [-0.2, 0) is 16.0 Å². The van der Waals surface area contributed by atoms with Crippen LogP contribution in [0.15, 0.2) is 30.5 Å². The topological polar surface area (TPSA) is 68.1 Å². The molecule has 0 spiro atoms. The Bertz CT molecular complexity index is 510. The molecule has 0 aliphatic rings. The number of benzene rings is 1. The van der Waals surface area contributed by atoms with Crippen molar-refractivity contribution >= 4 is 29.3 Å². The molecule has 0 unspecified atom stereocenters. The molecular formula is C12H15ClN2O2. The molecule has 1 aromatic heterocycles. The Morgan fingerprint density at radius 3 is 2.88 bits per heavy atom. The smallest absolute Gasteiger partial charge is 0.322 e. The highest BCUT2D eigenvalue weighted by Crippen LogP contribution is 2.18. The van der Waals surface area contributed by atoms with Gasteiger partial charge in [0.15, 0.2) is 0 Å². The van der Waals surface area contributed by atoms with Gasteiger partial charge in [0.25, 0.3) is 0 Å². The van der Waals surface area contributed by atoms with Gasteiger partial charge in [-0.3, -0.25) is 4.79 Å². The Morgan fingerprint density at radius 1 is 1.47 bits per heavy atom. The molecule has 3 N–H and O–H groups in total. The van der Waals surface area contributed by atoms with Crippen LogP contribution in [0.4, 0.5) is 0 Å². The van der Waals surface area contributed by atoms with Gasteiger partial charge in [-0.25, -0.2) is 0 Å². The SMILES string of the molecule is COC(=O)[C@@H](N)Cc1c[nH]c2ccccc12.Cl. The molecule has 2 rings (SSSR count).